The maximum Gasteiger partial charge on any atom is 0.212 e. The fourth-order valence-corrected chi connectivity index (χ4v) is 2.63. The summed E-state index contributed by atoms with van der Waals surface area (Å²) in [4.78, 5) is 4.07. The van der Waals surface area contributed by atoms with E-state index >= 15 is 0 Å². The van der Waals surface area contributed by atoms with Crippen molar-refractivity contribution in [2.24, 2.45) is 0 Å². The Bertz CT molecular complexity index is 631. The molecule has 0 aliphatic carbocycles. The lowest BCUT2D eigenvalue weighted by atomic mass is 10.0. The number of hydrogen-bond acceptors (Lipinski definition) is 5. The Balaban J connectivity index is 2.07. The van der Waals surface area contributed by atoms with Crippen molar-refractivity contribution < 1.29 is 19.7 Å². The first-order chi connectivity index (χ1) is 10.5. The molecule has 1 heterocycles. The standard InChI is InChI=1S/C16H18BrNO4/c1-21-14-8-12(17)7-10(16(14)20)3-5-13(19)11-4-6-15(22-2)18-9-11/h4,6-9,13,19-20H,3,5H2,1-2H3. The van der Waals surface area contributed by atoms with Crippen LogP contribution in [0.5, 0.6) is 17.4 Å². The van der Waals surface area contributed by atoms with Crippen LogP contribution in [0.1, 0.15) is 23.7 Å². The minimum absolute atomic E-state index is 0.103. The van der Waals surface area contributed by atoms with Crippen molar-refractivity contribution in [1.29, 1.82) is 0 Å². The summed E-state index contributed by atoms with van der Waals surface area (Å²) >= 11 is 3.38. The minimum atomic E-state index is -0.664. The van der Waals surface area contributed by atoms with Crippen molar-refractivity contribution in [3.05, 3.63) is 46.1 Å². The third-order valence-electron chi connectivity index (χ3n) is 3.38. The van der Waals surface area contributed by atoms with E-state index in [0.717, 1.165) is 4.47 Å². The smallest absolute Gasteiger partial charge is 0.212 e. The zero-order valence-corrected chi connectivity index (χ0v) is 14.0. The van der Waals surface area contributed by atoms with Crippen LogP contribution in [-0.4, -0.2) is 29.4 Å². The molecule has 0 saturated carbocycles. The van der Waals surface area contributed by atoms with E-state index in [2.05, 4.69) is 20.9 Å². The number of pyridine rings is 1. The molecule has 2 N–H and O–H groups in total. The van der Waals surface area contributed by atoms with Crippen LogP contribution in [0, 0.1) is 0 Å². The van der Waals surface area contributed by atoms with Gasteiger partial charge in [-0.25, -0.2) is 4.98 Å². The number of benzene rings is 1. The van der Waals surface area contributed by atoms with Crippen LogP contribution in [0.25, 0.3) is 0 Å². The molecule has 2 rings (SSSR count). The van der Waals surface area contributed by atoms with E-state index in [1.54, 1.807) is 31.5 Å². The molecule has 0 fully saturated rings. The number of aromatic nitrogens is 1. The first-order valence-corrected chi connectivity index (χ1v) is 7.57. The first-order valence-electron chi connectivity index (χ1n) is 6.78. The summed E-state index contributed by atoms with van der Waals surface area (Å²) in [5.74, 6) is 1.01. The lowest BCUT2D eigenvalue weighted by Crippen LogP contribution is -2.01. The molecule has 1 unspecified atom stereocenters. The third-order valence-corrected chi connectivity index (χ3v) is 3.84. The maximum atomic E-state index is 10.2. The topological polar surface area (TPSA) is 71.8 Å². The SMILES string of the molecule is COc1ccc(C(O)CCc2cc(Br)cc(OC)c2O)cn1. The summed E-state index contributed by atoms with van der Waals surface area (Å²) in [6.07, 6.45) is 1.89. The largest absolute Gasteiger partial charge is 0.504 e. The Hall–Kier alpha value is -1.79. The molecule has 118 valence electrons. The van der Waals surface area contributed by atoms with Gasteiger partial charge < -0.3 is 19.7 Å². The highest BCUT2D eigenvalue weighted by atomic mass is 79.9. The second-order valence-electron chi connectivity index (χ2n) is 4.80. The minimum Gasteiger partial charge on any atom is -0.504 e. The molecule has 5 nitrogen and oxygen atoms in total. The molecule has 0 saturated heterocycles. The van der Waals surface area contributed by atoms with Gasteiger partial charge >= 0.3 is 0 Å². The van der Waals surface area contributed by atoms with Crippen molar-refractivity contribution in [1.82, 2.24) is 4.98 Å². The number of aryl methyl sites for hydroxylation is 1. The zero-order valence-electron chi connectivity index (χ0n) is 12.4. The molecule has 0 aliphatic heterocycles. The normalized spacial score (nSPS) is 12.0. The van der Waals surface area contributed by atoms with E-state index in [4.69, 9.17) is 9.47 Å². The number of hydrogen-bond donors (Lipinski definition) is 2. The van der Waals surface area contributed by atoms with E-state index in [1.165, 1.54) is 7.11 Å². The average Bonchev–Trinajstić information content (AvgIpc) is 2.55. The highest BCUT2D eigenvalue weighted by Gasteiger charge is 2.13. The summed E-state index contributed by atoms with van der Waals surface area (Å²) in [6, 6.07) is 7.00. The van der Waals surface area contributed by atoms with Crippen LogP contribution in [0.2, 0.25) is 0 Å². The summed E-state index contributed by atoms with van der Waals surface area (Å²) < 4.78 is 10.9. The summed E-state index contributed by atoms with van der Waals surface area (Å²) in [5, 5.41) is 20.3. The van der Waals surface area contributed by atoms with E-state index in [0.29, 0.717) is 35.6 Å². The van der Waals surface area contributed by atoms with Crippen LogP contribution in [-0.2, 0) is 6.42 Å². The number of aliphatic hydroxyl groups is 1. The van der Waals surface area contributed by atoms with Crippen LogP contribution in [0.3, 0.4) is 0 Å². The molecule has 2 aromatic rings. The Morgan fingerprint density at radius 1 is 1.23 bits per heavy atom. The Kier molecular flexibility index (Phi) is 5.63. The molecule has 0 radical (unpaired) electrons. The molecule has 0 amide bonds. The summed E-state index contributed by atoms with van der Waals surface area (Å²) in [6.45, 7) is 0. The van der Waals surface area contributed by atoms with E-state index in [-0.39, 0.29) is 5.75 Å². The second-order valence-corrected chi connectivity index (χ2v) is 5.72. The van der Waals surface area contributed by atoms with Gasteiger partial charge in [-0.3, -0.25) is 0 Å². The second kappa shape index (κ2) is 7.47. The third kappa shape index (κ3) is 3.90. The van der Waals surface area contributed by atoms with E-state index in [1.807, 2.05) is 6.07 Å². The Morgan fingerprint density at radius 2 is 2.00 bits per heavy atom. The van der Waals surface area contributed by atoms with Gasteiger partial charge in [0.15, 0.2) is 11.5 Å². The monoisotopic (exact) mass is 367 g/mol. The molecule has 0 bridgehead atoms. The fourth-order valence-electron chi connectivity index (χ4n) is 2.14. The van der Waals surface area contributed by atoms with Crippen molar-refractivity contribution in [3.8, 4) is 17.4 Å². The van der Waals surface area contributed by atoms with Gasteiger partial charge in [-0.1, -0.05) is 15.9 Å². The lowest BCUT2D eigenvalue weighted by Gasteiger charge is -2.13. The number of phenolic OH excluding ortho intramolecular Hbond substituents is 1. The van der Waals surface area contributed by atoms with Gasteiger partial charge in [0.2, 0.25) is 5.88 Å². The molecule has 1 aromatic heterocycles. The molecule has 0 spiro atoms. The molecule has 1 atom stereocenters. The number of methoxy groups -OCH3 is 2. The fraction of sp³-hybridized carbons (Fsp3) is 0.312. The molecular formula is C16H18BrNO4. The van der Waals surface area contributed by atoms with Gasteiger partial charge in [0.25, 0.3) is 0 Å². The van der Waals surface area contributed by atoms with Crippen molar-refractivity contribution in [2.75, 3.05) is 14.2 Å². The van der Waals surface area contributed by atoms with Gasteiger partial charge in [0, 0.05) is 16.7 Å². The van der Waals surface area contributed by atoms with Crippen LogP contribution in [0.15, 0.2) is 34.9 Å². The highest BCUT2D eigenvalue weighted by molar-refractivity contribution is 9.10. The maximum absolute atomic E-state index is 10.2. The highest BCUT2D eigenvalue weighted by Crippen LogP contribution is 2.35. The summed E-state index contributed by atoms with van der Waals surface area (Å²) in [7, 11) is 3.05. The average molecular weight is 368 g/mol. The van der Waals surface area contributed by atoms with Crippen LogP contribution >= 0.6 is 15.9 Å². The lowest BCUT2D eigenvalue weighted by molar-refractivity contribution is 0.167. The predicted molar refractivity (Wildman–Crippen MR) is 86.4 cm³/mol. The first kappa shape index (κ1) is 16.6. The molecule has 22 heavy (non-hydrogen) atoms. The number of aliphatic hydroxyl groups excluding tert-OH is 1. The predicted octanol–water partition coefficient (Wildman–Crippen LogP) is 3.23. The van der Waals surface area contributed by atoms with E-state index in [9.17, 15) is 10.2 Å². The van der Waals surface area contributed by atoms with Gasteiger partial charge in [0.05, 0.1) is 20.3 Å². The van der Waals surface area contributed by atoms with Crippen LogP contribution in [0.4, 0.5) is 0 Å². The van der Waals surface area contributed by atoms with E-state index < -0.39 is 6.10 Å². The van der Waals surface area contributed by atoms with Crippen molar-refractivity contribution in [2.45, 2.75) is 18.9 Å². The van der Waals surface area contributed by atoms with Crippen LogP contribution < -0.4 is 9.47 Å². The molecule has 1 aromatic carbocycles. The number of nitrogens with zero attached hydrogens (tertiary/aromatic N) is 1. The number of aromatic hydroxyl groups is 1. The number of ether oxygens (including phenoxy) is 2. The zero-order chi connectivity index (χ0) is 16.1. The molecular weight excluding hydrogens is 350 g/mol. The summed E-state index contributed by atoms with van der Waals surface area (Å²) in [5.41, 5.74) is 1.42. The van der Waals surface area contributed by atoms with Gasteiger partial charge in [-0.2, -0.15) is 0 Å². The number of rotatable bonds is 6. The van der Waals surface area contributed by atoms with Gasteiger partial charge in [-0.15, -0.1) is 0 Å². The van der Waals surface area contributed by atoms with Gasteiger partial charge in [0.1, 0.15) is 0 Å². The number of halogens is 1. The quantitative estimate of drug-likeness (QED) is 0.819. The van der Waals surface area contributed by atoms with Crippen molar-refractivity contribution >= 4 is 15.9 Å². The number of phenols is 1. The molecule has 6 heteroatoms. The molecule has 0 aliphatic rings. The van der Waals surface area contributed by atoms with Crippen molar-refractivity contribution in [3.63, 3.8) is 0 Å². The Morgan fingerprint density at radius 3 is 2.59 bits per heavy atom. The van der Waals surface area contributed by atoms with Gasteiger partial charge in [-0.05, 0) is 42.2 Å². The Labute approximate surface area is 137 Å².